The van der Waals surface area contributed by atoms with E-state index in [1.165, 1.54) is 4.90 Å². The number of para-hydroxylation sites is 1. The van der Waals surface area contributed by atoms with E-state index in [9.17, 15) is 0 Å². The molecule has 4 nitrogen and oxygen atoms in total. The minimum atomic E-state index is 0.674. The maximum absolute atomic E-state index is 6.03. The van der Waals surface area contributed by atoms with E-state index in [1.807, 2.05) is 48.2 Å². The van der Waals surface area contributed by atoms with Gasteiger partial charge in [0.1, 0.15) is 12.4 Å². The van der Waals surface area contributed by atoms with Crippen molar-refractivity contribution >= 4 is 23.2 Å². The van der Waals surface area contributed by atoms with Crippen molar-refractivity contribution in [1.82, 2.24) is 4.90 Å². The lowest BCUT2D eigenvalue weighted by molar-refractivity contribution is 0.260. The first-order valence-electron chi connectivity index (χ1n) is 8.15. The zero-order valence-electron chi connectivity index (χ0n) is 14.2. The van der Waals surface area contributed by atoms with Crippen LogP contribution in [0.5, 0.6) is 5.75 Å². The summed E-state index contributed by atoms with van der Waals surface area (Å²) in [5, 5.41) is 4.66. The van der Waals surface area contributed by atoms with Gasteiger partial charge in [-0.15, -0.1) is 11.8 Å². The zero-order chi connectivity index (χ0) is 16.8. The second-order valence-corrected chi connectivity index (χ2v) is 7.05. The van der Waals surface area contributed by atoms with Gasteiger partial charge in [-0.3, -0.25) is 5.43 Å². The minimum Gasteiger partial charge on any atom is -0.492 e. The van der Waals surface area contributed by atoms with Crippen molar-refractivity contribution in [2.24, 2.45) is 5.10 Å². The quantitative estimate of drug-likeness (QED) is 0.808. The molecule has 0 aliphatic carbocycles. The highest BCUT2D eigenvalue weighted by Gasteiger charge is 2.20. The van der Waals surface area contributed by atoms with Gasteiger partial charge in [-0.25, -0.2) is 0 Å². The van der Waals surface area contributed by atoms with Crippen LogP contribution in [-0.2, 0) is 0 Å². The molecular weight excluding hydrogens is 318 g/mol. The molecule has 126 valence electrons. The highest BCUT2D eigenvalue weighted by molar-refractivity contribution is 7.99. The Kier molecular flexibility index (Phi) is 5.77. The van der Waals surface area contributed by atoms with Crippen LogP contribution in [0.3, 0.4) is 0 Å². The molecule has 0 fully saturated rings. The van der Waals surface area contributed by atoms with Crippen LogP contribution in [0.15, 0.2) is 58.5 Å². The normalized spacial score (nSPS) is 15.4. The van der Waals surface area contributed by atoms with E-state index in [1.54, 1.807) is 0 Å². The molecule has 1 aliphatic rings. The van der Waals surface area contributed by atoms with Crippen LogP contribution < -0.4 is 10.2 Å². The van der Waals surface area contributed by atoms with Gasteiger partial charge in [0.05, 0.1) is 17.0 Å². The highest BCUT2D eigenvalue weighted by Crippen LogP contribution is 2.36. The third kappa shape index (κ3) is 4.30. The monoisotopic (exact) mass is 341 g/mol. The molecule has 3 rings (SSSR count). The smallest absolute Gasteiger partial charge is 0.129 e. The maximum atomic E-state index is 6.03. The lowest BCUT2D eigenvalue weighted by atomic mass is 10.1. The van der Waals surface area contributed by atoms with Crippen molar-refractivity contribution in [3.8, 4) is 5.75 Å². The van der Waals surface area contributed by atoms with E-state index >= 15 is 0 Å². The number of benzene rings is 2. The van der Waals surface area contributed by atoms with Gasteiger partial charge in [0, 0.05) is 23.6 Å². The van der Waals surface area contributed by atoms with Gasteiger partial charge in [0.25, 0.3) is 0 Å². The van der Waals surface area contributed by atoms with Crippen molar-refractivity contribution in [1.29, 1.82) is 0 Å². The zero-order valence-corrected chi connectivity index (χ0v) is 15.0. The number of rotatable bonds is 6. The molecule has 24 heavy (non-hydrogen) atoms. The largest absolute Gasteiger partial charge is 0.492 e. The number of anilines is 1. The Hall–Kier alpha value is -1.98. The Morgan fingerprint density at radius 2 is 1.96 bits per heavy atom. The van der Waals surface area contributed by atoms with E-state index in [2.05, 4.69) is 41.7 Å². The number of hydrogen-bond donors (Lipinski definition) is 1. The summed E-state index contributed by atoms with van der Waals surface area (Å²) in [7, 11) is 4.10. The molecule has 0 radical (unpaired) electrons. The average molecular weight is 341 g/mol. The Morgan fingerprint density at radius 3 is 2.75 bits per heavy atom. The lowest BCUT2D eigenvalue weighted by Gasteiger charge is -2.21. The summed E-state index contributed by atoms with van der Waals surface area (Å²) in [5.41, 5.74) is 6.37. The molecule has 1 heterocycles. The van der Waals surface area contributed by atoms with Gasteiger partial charge >= 0.3 is 0 Å². The molecule has 0 atom stereocenters. The number of nitrogens with zero attached hydrogens (tertiary/aromatic N) is 2. The second kappa shape index (κ2) is 8.22. The van der Waals surface area contributed by atoms with Gasteiger partial charge in [0.15, 0.2) is 0 Å². The molecule has 0 amide bonds. The topological polar surface area (TPSA) is 36.9 Å². The molecule has 1 N–H and O–H groups in total. The number of likely N-dealkylation sites (N-methyl/N-ethyl adjacent to an activating group) is 1. The summed E-state index contributed by atoms with van der Waals surface area (Å²) in [6, 6.07) is 16.3. The molecule has 5 heteroatoms. The molecule has 0 unspecified atom stereocenters. The summed E-state index contributed by atoms with van der Waals surface area (Å²) >= 11 is 1.87. The van der Waals surface area contributed by atoms with Gasteiger partial charge in [-0.1, -0.05) is 24.3 Å². The predicted molar refractivity (Wildman–Crippen MR) is 102 cm³/mol. The number of ether oxygens (including phenoxy) is 1. The van der Waals surface area contributed by atoms with Gasteiger partial charge < -0.3 is 9.64 Å². The van der Waals surface area contributed by atoms with Crippen LogP contribution in [0.2, 0.25) is 0 Å². The summed E-state index contributed by atoms with van der Waals surface area (Å²) in [5.74, 6) is 1.97. The van der Waals surface area contributed by atoms with Crippen LogP contribution in [0.4, 0.5) is 5.69 Å². The second-order valence-electron chi connectivity index (χ2n) is 5.92. The van der Waals surface area contributed by atoms with E-state index in [4.69, 9.17) is 4.74 Å². The van der Waals surface area contributed by atoms with Gasteiger partial charge in [-0.05, 0) is 38.4 Å². The highest BCUT2D eigenvalue weighted by atomic mass is 32.2. The SMILES string of the molecule is CN(C)CCOc1cccc2c1/C(=N/Nc1ccccc1)CCS2. The van der Waals surface area contributed by atoms with Crippen LogP contribution in [0.1, 0.15) is 12.0 Å². The molecule has 0 saturated heterocycles. The van der Waals surface area contributed by atoms with Crippen LogP contribution in [0.25, 0.3) is 0 Å². The lowest BCUT2D eigenvalue weighted by Crippen LogP contribution is -2.21. The summed E-state index contributed by atoms with van der Waals surface area (Å²) in [6.45, 7) is 1.57. The number of hydrazone groups is 1. The fourth-order valence-corrected chi connectivity index (χ4v) is 3.57. The van der Waals surface area contributed by atoms with Crippen molar-refractivity contribution in [3.05, 3.63) is 54.1 Å². The van der Waals surface area contributed by atoms with Crippen molar-refractivity contribution in [3.63, 3.8) is 0 Å². The summed E-state index contributed by atoms with van der Waals surface area (Å²) in [4.78, 5) is 3.37. The predicted octanol–water partition coefficient (Wildman–Crippen LogP) is 3.94. The number of hydrogen-bond acceptors (Lipinski definition) is 5. The number of fused-ring (bicyclic) bond motifs is 1. The fourth-order valence-electron chi connectivity index (χ4n) is 2.51. The van der Waals surface area contributed by atoms with E-state index in [0.717, 1.165) is 41.4 Å². The van der Waals surface area contributed by atoms with Crippen LogP contribution in [-0.4, -0.2) is 43.6 Å². The van der Waals surface area contributed by atoms with Crippen LogP contribution >= 0.6 is 11.8 Å². The maximum Gasteiger partial charge on any atom is 0.129 e. The molecule has 2 aromatic rings. The molecule has 2 aromatic carbocycles. The fraction of sp³-hybridized carbons (Fsp3) is 0.316. The summed E-state index contributed by atoms with van der Waals surface area (Å²) in [6.07, 6.45) is 0.936. The van der Waals surface area contributed by atoms with E-state index < -0.39 is 0 Å². The first-order valence-corrected chi connectivity index (χ1v) is 9.14. The molecule has 0 aromatic heterocycles. The summed E-state index contributed by atoms with van der Waals surface area (Å²) < 4.78 is 6.03. The third-order valence-electron chi connectivity index (χ3n) is 3.76. The van der Waals surface area contributed by atoms with E-state index in [-0.39, 0.29) is 0 Å². The van der Waals surface area contributed by atoms with E-state index in [0.29, 0.717) is 6.61 Å². The van der Waals surface area contributed by atoms with Crippen LogP contribution in [0, 0.1) is 0 Å². The molecule has 0 bridgehead atoms. The Balaban J connectivity index is 1.82. The minimum absolute atomic E-state index is 0.674. The number of thioether (sulfide) groups is 1. The number of nitrogens with one attached hydrogen (secondary N) is 1. The first kappa shape index (κ1) is 16.9. The molecule has 0 spiro atoms. The van der Waals surface area contributed by atoms with Crippen molar-refractivity contribution in [2.45, 2.75) is 11.3 Å². The Bertz CT molecular complexity index is 701. The standard InChI is InChI=1S/C19H23N3OS/c1-22(2)12-13-23-17-9-6-10-18-19(17)16(11-14-24-18)21-20-15-7-4-3-5-8-15/h3-10,20H,11-14H2,1-2H3/b21-16+. The molecule has 0 saturated carbocycles. The van der Waals surface area contributed by atoms with Gasteiger partial charge in [0.2, 0.25) is 0 Å². The average Bonchev–Trinajstić information content (AvgIpc) is 2.60. The Labute approximate surface area is 147 Å². The first-order chi connectivity index (χ1) is 11.7. The Morgan fingerprint density at radius 1 is 1.12 bits per heavy atom. The van der Waals surface area contributed by atoms with Gasteiger partial charge in [-0.2, -0.15) is 5.10 Å². The third-order valence-corrected chi connectivity index (χ3v) is 4.82. The molecule has 1 aliphatic heterocycles. The van der Waals surface area contributed by atoms with Crippen molar-refractivity contribution < 1.29 is 4.74 Å². The van der Waals surface area contributed by atoms with Crippen molar-refractivity contribution in [2.75, 3.05) is 38.4 Å². The molecular formula is C19H23N3OS.